The van der Waals surface area contributed by atoms with Crippen molar-refractivity contribution in [2.45, 2.75) is 25.6 Å². The smallest absolute Gasteiger partial charge is 0.389 e. The van der Waals surface area contributed by atoms with Crippen LogP contribution in [-0.4, -0.2) is 29.3 Å². The summed E-state index contributed by atoms with van der Waals surface area (Å²) in [5.74, 6) is -2.04. The van der Waals surface area contributed by atoms with E-state index in [9.17, 15) is 18.0 Å². The van der Waals surface area contributed by atoms with E-state index in [1.54, 1.807) is 5.32 Å². The molecule has 0 aromatic heterocycles. The van der Waals surface area contributed by atoms with Crippen LogP contribution in [0, 0.1) is 0 Å². The minimum atomic E-state index is -4.88. The summed E-state index contributed by atoms with van der Waals surface area (Å²) in [4.78, 5) is 10.2. The van der Waals surface area contributed by atoms with Gasteiger partial charge >= 0.3 is 12.1 Å². The van der Waals surface area contributed by atoms with Crippen molar-refractivity contribution >= 4 is 5.91 Å². The van der Waals surface area contributed by atoms with Crippen molar-refractivity contribution in [1.29, 1.82) is 0 Å². The van der Waals surface area contributed by atoms with Crippen LogP contribution in [0.15, 0.2) is 0 Å². The van der Waals surface area contributed by atoms with E-state index < -0.39 is 24.2 Å². The third-order valence-electron chi connectivity index (χ3n) is 0.939. The molecule has 0 unspecified atom stereocenters. The Labute approximate surface area is 67.6 Å². The molecule has 1 amide bonds. The number of halogens is 3. The Hall–Kier alpha value is -0.780. The molecule has 0 fully saturated rings. The standard InChI is InChI=1S/C6H10F3NO2/c1-5(2,12)3-10-4(11)6(7,8)9/h12H,3H2,1-2H3,(H,10,11). The van der Waals surface area contributed by atoms with Crippen LogP contribution in [0.4, 0.5) is 13.2 Å². The zero-order valence-corrected chi connectivity index (χ0v) is 6.70. The van der Waals surface area contributed by atoms with Crippen LogP contribution in [0.2, 0.25) is 0 Å². The van der Waals surface area contributed by atoms with E-state index >= 15 is 0 Å². The molecule has 0 bridgehead atoms. The molecule has 72 valence electrons. The molecule has 0 aromatic carbocycles. The summed E-state index contributed by atoms with van der Waals surface area (Å²) in [6.45, 7) is 2.17. The number of carbonyl (C=O) groups excluding carboxylic acids is 1. The zero-order chi connectivity index (χ0) is 9.99. The van der Waals surface area contributed by atoms with Gasteiger partial charge in [0.15, 0.2) is 0 Å². The van der Waals surface area contributed by atoms with Crippen molar-refractivity contribution in [3.63, 3.8) is 0 Å². The van der Waals surface area contributed by atoms with Crippen molar-refractivity contribution in [2.75, 3.05) is 6.54 Å². The third-order valence-corrected chi connectivity index (χ3v) is 0.939. The van der Waals surface area contributed by atoms with E-state index in [1.165, 1.54) is 13.8 Å². The third kappa shape index (κ3) is 4.95. The first-order valence-corrected chi connectivity index (χ1v) is 3.20. The van der Waals surface area contributed by atoms with Gasteiger partial charge < -0.3 is 10.4 Å². The summed E-state index contributed by atoms with van der Waals surface area (Å²) in [5, 5.41) is 10.5. The van der Waals surface area contributed by atoms with Gasteiger partial charge in [0.05, 0.1) is 5.60 Å². The van der Waals surface area contributed by atoms with Crippen LogP contribution in [0.25, 0.3) is 0 Å². The fourth-order valence-electron chi connectivity index (χ4n) is 0.397. The van der Waals surface area contributed by atoms with Crippen LogP contribution in [0.3, 0.4) is 0 Å². The van der Waals surface area contributed by atoms with Gasteiger partial charge in [-0.1, -0.05) is 0 Å². The van der Waals surface area contributed by atoms with Crippen molar-refractivity contribution in [1.82, 2.24) is 5.32 Å². The molecule has 0 saturated heterocycles. The van der Waals surface area contributed by atoms with Crippen LogP contribution >= 0.6 is 0 Å². The van der Waals surface area contributed by atoms with E-state index in [0.717, 1.165) is 0 Å². The molecule has 0 aliphatic carbocycles. The summed E-state index contributed by atoms with van der Waals surface area (Å²) >= 11 is 0. The molecule has 0 spiro atoms. The molecule has 2 N–H and O–H groups in total. The Bertz CT molecular complexity index is 171. The van der Waals surface area contributed by atoms with E-state index in [2.05, 4.69) is 0 Å². The number of alkyl halides is 3. The molecule has 0 saturated carbocycles. The maximum Gasteiger partial charge on any atom is 0.471 e. The fraction of sp³-hybridized carbons (Fsp3) is 0.833. The molecule has 0 radical (unpaired) electrons. The van der Waals surface area contributed by atoms with Crippen molar-refractivity contribution in [3.05, 3.63) is 0 Å². The highest BCUT2D eigenvalue weighted by Gasteiger charge is 2.38. The van der Waals surface area contributed by atoms with E-state index in [0.29, 0.717) is 0 Å². The maximum absolute atomic E-state index is 11.5. The second kappa shape index (κ2) is 3.30. The summed E-state index contributed by atoms with van der Waals surface area (Å²) < 4.78 is 34.6. The number of carbonyl (C=O) groups is 1. The first-order valence-electron chi connectivity index (χ1n) is 3.20. The highest BCUT2D eigenvalue weighted by molar-refractivity contribution is 5.81. The van der Waals surface area contributed by atoms with Crippen LogP contribution in [-0.2, 0) is 4.79 Å². The molecule has 0 heterocycles. The molecular formula is C6H10F3NO2. The molecule has 0 aromatic rings. The Balaban J connectivity index is 3.90. The van der Waals surface area contributed by atoms with Crippen molar-refractivity contribution in [2.24, 2.45) is 0 Å². The van der Waals surface area contributed by atoms with Gasteiger partial charge in [-0.25, -0.2) is 0 Å². The first-order chi connectivity index (χ1) is 5.13. The second-order valence-electron chi connectivity index (χ2n) is 2.99. The topological polar surface area (TPSA) is 49.3 Å². The van der Waals surface area contributed by atoms with Gasteiger partial charge in [-0.05, 0) is 13.8 Å². The van der Waals surface area contributed by atoms with Gasteiger partial charge in [0.2, 0.25) is 0 Å². The highest BCUT2D eigenvalue weighted by atomic mass is 19.4. The molecule has 3 nitrogen and oxygen atoms in total. The van der Waals surface area contributed by atoms with Gasteiger partial charge in [0.1, 0.15) is 0 Å². The van der Waals surface area contributed by atoms with Crippen LogP contribution in [0.1, 0.15) is 13.8 Å². The van der Waals surface area contributed by atoms with Gasteiger partial charge in [0, 0.05) is 6.54 Å². The van der Waals surface area contributed by atoms with Gasteiger partial charge in [-0.2, -0.15) is 13.2 Å². The van der Waals surface area contributed by atoms with Crippen LogP contribution in [0.5, 0.6) is 0 Å². The van der Waals surface area contributed by atoms with E-state index in [4.69, 9.17) is 5.11 Å². The van der Waals surface area contributed by atoms with Crippen LogP contribution < -0.4 is 5.32 Å². The molecule has 12 heavy (non-hydrogen) atoms. The number of hydrogen-bond donors (Lipinski definition) is 2. The first kappa shape index (κ1) is 11.2. The molecule has 0 aliphatic heterocycles. The lowest BCUT2D eigenvalue weighted by molar-refractivity contribution is -0.174. The molecule has 0 aliphatic rings. The predicted molar refractivity (Wildman–Crippen MR) is 35.4 cm³/mol. The maximum atomic E-state index is 11.5. The number of rotatable bonds is 2. The lowest BCUT2D eigenvalue weighted by atomic mass is 10.1. The molecule has 0 rings (SSSR count). The second-order valence-corrected chi connectivity index (χ2v) is 2.99. The average Bonchev–Trinajstić information content (AvgIpc) is 1.78. The summed E-state index contributed by atoms with van der Waals surface area (Å²) in [6, 6.07) is 0. The summed E-state index contributed by atoms with van der Waals surface area (Å²) in [5.41, 5.74) is -1.33. The lowest BCUT2D eigenvalue weighted by Gasteiger charge is -2.17. The normalized spacial score (nSPS) is 12.8. The summed E-state index contributed by atoms with van der Waals surface area (Å²) in [7, 11) is 0. The average molecular weight is 185 g/mol. The minimum absolute atomic E-state index is 0.425. The van der Waals surface area contributed by atoms with E-state index in [-0.39, 0.29) is 0 Å². The molecule has 6 heteroatoms. The lowest BCUT2D eigenvalue weighted by Crippen LogP contribution is -2.44. The van der Waals surface area contributed by atoms with Gasteiger partial charge in [-0.3, -0.25) is 4.79 Å². The Morgan fingerprint density at radius 2 is 1.83 bits per heavy atom. The fourth-order valence-corrected chi connectivity index (χ4v) is 0.397. The zero-order valence-electron chi connectivity index (χ0n) is 6.70. The number of amides is 1. The van der Waals surface area contributed by atoms with Crippen molar-refractivity contribution in [3.8, 4) is 0 Å². The molecular weight excluding hydrogens is 175 g/mol. The minimum Gasteiger partial charge on any atom is -0.389 e. The molecule has 0 atom stereocenters. The Morgan fingerprint density at radius 1 is 1.42 bits per heavy atom. The number of aliphatic hydroxyl groups is 1. The highest BCUT2D eigenvalue weighted by Crippen LogP contribution is 2.14. The Morgan fingerprint density at radius 3 is 2.08 bits per heavy atom. The Kier molecular flexibility index (Phi) is 3.09. The number of hydrogen-bond acceptors (Lipinski definition) is 2. The van der Waals surface area contributed by atoms with Gasteiger partial charge in [0.25, 0.3) is 0 Å². The number of nitrogens with one attached hydrogen (secondary N) is 1. The monoisotopic (exact) mass is 185 g/mol. The predicted octanol–water partition coefficient (Wildman–Crippen LogP) is 0.436. The van der Waals surface area contributed by atoms with Crippen molar-refractivity contribution < 1.29 is 23.1 Å². The quantitative estimate of drug-likeness (QED) is 0.655. The SMILES string of the molecule is CC(C)(O)CNC(=O)C(F)(F)F. The van der Waals surface area contributed by atoms with Gasteiger partial charge in [-0.15, -0.1) is 0 Å². The summed E-state index contributed by atoms with van der Waals surface area (Å²) in [6.07, 6.45) is -4.88. The van der Waals surface area contributed by atoms with E-state index in [1.807, 2.05) is 0 Å². The largest absolute Gasteiger partial charge is 0.471 e.